The number of carbonyl (C=O) groups excluding carboxylic acids is 4. The Kier molecular flexibility index (Phi) is 24.4. The lowest BCUT2D eigenvalue weighted by atomic mass is 9.87. The van der Waals surface area contributed by atoms with E-state index in [1.54, 1.807) is 21.3 Å². The van der Waals surface area contributed by atoms with E-state index in [0.29, 0.717) is 18.3 Å². The summed E-state index contributed by atoms with van der Waals surface area (Å²) in [5.41, 5.74) is 0. The van der Waals surface area contributed by atoms with E-state index < -0.39 is 0 Å². The minimum absolute atomic E-state index is 0.00181. The molecule has 0 spiro atoms. The van der Waals surface area contributed by atoms with Gasteiger partial charge in [0.1, 0.15) is 0 Å². The number of carbonyl (C=O) groups is 4. The van der Waals surface area contributed by atoms with Crippen LogP contribution in [0, 0.1) is 29.6 Å². The van der Waals surface area contributed by atoms with Gasteiger partial charge < -0.3 is 25.0 Å². The molecule has 260 valence electrons. The number of likely N-dealkylation sites (N-methyl/N-ethyl adjacent to an activating group) is 1. The summed E-state index contributed by atoms with van der Waals surface area (Å²) in [5.74, 6) is 0.741. The van der Waals surface area contributed by atoms with Gasteiger partial charge in [-0.25, -0.2) is 0 Å². The summed E-state index contributed by atoms with van der Waals surface area (Å²) in [6, 6.07) is -0.699. The van der Waals surface area contributed by atoms with Gasteiger partial charge in [-0.15, -0.1) is 0 Å². The first-order valence-electron chi connectivity index (χ1n) is 16.4. The van der Waals surface area contributed by atoms with Gasteiger partial charge in [-0.2, -0.15) is 0 Å². The highest BCUT2D eigenvalue weighted by Gasteiger charge is 2.40. The zero-order valence-electron chi connectivity index (χ0n) is 30.1. The van der Waals surface area contributed by atoms with E-state index in [2.05, 4.69) is 34.9 Å². The number of ketones is 1. The second-order valence-electron chi connectivity index (χ2n) is 12.3. The van der Waals surface area contributed by atoms with Crippen LogP contribution in [0.3, 0.4) is 0 Å². The lowest BCUT2D eigenvalue weighted by molar-refractivity contribution is -0.142. The molecule has 8 atom stereocenters. The monoisotopic (exact) mass is 740 g/mol. The number of hydrogen-bond donors (Lipinski definition) is 3. The summed E-state index contributed by atoms with van der Waals surface area (Å²) < 4.78 is 13.9. The molecule has 0 aromatic heterocycles. The molecular weight excluding hydrogens is 675 g/mol. The van der Waals surface area contributed by atoms with Crippen LogP contribution in [0.25, 0.3) is 0 Å². The number of methoxy groups -OCH3 is 2. The van der Waals surface area contributed by atoms with Crippen LogP contribution in [0.2, 0.25) is 0 Å². The summed E-state index contributed by atoms with van der Waals surface area (Å²) >= 11 is 1.85. The van der Waals surface area contributed by atoms with Crippen LogP contribution >= 0.6 is 22.9 Å². The van der Waals surface area contributed by atoms with Gasteiger partial charge in [0.05, 0.1) is 65.5 Å². The standard InChI is InChI=1S/C19H35IN2O4.C12H24N2O2.C2H6/c1-7-12(2)13(3)16(25-5)11-17(23)22-10-8-9-15(22)18(26-6)14(4)19(24)21-20;1-7(2)10(9(5)15)14-12(16)11(13-6)8(3)4;1-2/h12-16,18H,7-11H2,1-6H3,(H,21,24);7-8,10-11,13H,1-6H3,(H,14,16);1-2H3/t12-,13-,14?,15-,16+,18?;10-,11?;/m00./s1. The molecule has 0 saturated carbocycles. The summed E-state index contributed by atoms with van der Waals surface area (Å²) in [4.78, 5) is 50.2. The molecule has 1 aliphatic heterocycles. The van der Waals surface area contributed by atoms with Crippen LogP contribution in [0.1, 0.15) is 102 Å². The van der Waals surface area contributed by atoms with Crippen molar-refractivity contribution in [1.82, 2.24) is 19.1 Å². The second-order valence-corrected chi connectivity index (χ2v) is 12.9. The number of amides is 3. The first-order valence-corrected chi connectivity index (χ1v) is 17.4. The fourth-order valence-electron chi connectivity index (χ4n) is 5.63. The lowest BCUT2D eigenvalue weighted by Gasteiger charge is -2.35. The first kappa shape index (κ1) is 44.8. The second kappa shape index (κ2) is 23.9. The number of Topliss-reactive ketones (excluding diaryl/α,β-unsaturated/α-hetero) is 1. The third-order valence-corrected chi connectivity index (χ3v) is 9.27. The fourth-order valence-corrected chi connectivity index (χ4v) is 6.12. The Morgan fingerprint density at radius 3 is 1.84 bits per heavy atom. The van der Waals surface area contributed by atoms with Gasteiger partial charge in [0.25, 0.3) is 0 Å². The molecule has 1 fully saturated rings. The van der Waals surface area contributed by atoms with Gasteiger partial charge in [-0.3, -0.25) is 22.7 Å². The molecule has 1 rings (SSSR count). The molecule has 3 unspecified atom stereocenters. The molecular formula is C33H65IN4O6. The first-order chi connectivity index (χ1) is 20.6. The summed E-state index contributed by atoms with van der Waals surface area (Å²) in [5, 5.41) is 5.76. The van der Waals surface area contributed by atoms with Crippen molar-refractivity contribution in [2.24, 2.45) is 29.6 Å². The van der Waals surface area contributed by atoms with Crippen LogP contribution < -0.4 is 14.2 Å². The van der Waals surface area contributed by atoms with Crippen molar-refractivity contribution in [2.75, 3.05) is 27.8 Å². The van der Waals surface area contributed by atoms with Crippen LogP contribution in [-0.4, -0.2) is 86.6 Å². The maximum absolute atomic E-state index is 13.0. The van der Waals surface area contributed by atoms with E-state index in [1.807, 2.05) is 76.2 Å². The van der Waals surface area contributed by atoms with Crippen molar-refractivity contribution in [3.63, 3.8) is 0 Å². The topological polar surface area (TPSA) is 126 Å². The largest absolute Gasteiger partial charge is 0.381 e. The van der Waals surface area contributed by atoms with Crippen molar-refractivity contribution in [1.29, 1.82) is 0 Å². The number of nitrogens with one attached hydrogen (secondary N) is 3. The van der Waals surface area contributed by atoms with Gasteiger partial charge in [-0.1, -0.05) is 75.7 Å². The molecule has 0 radical (unpaired) electrons. The van der Waals surface area contributed by atoms with E-state index in [4.69, 9.17) is 9.47 Å². The molecule has 0 aliphatic carbocycles. The summed E-state index contributed by atoms with van der Waals surface area (Å²) in [6.45, 7) is 22.4. The lowest BCUT2D eigenvalue weighted by Crippen LogP contribution is -2.52. The highest BCUT2D eigenvalue weighted by molar-refractivity contribution is 14.1. The van der Waals surface area contributed by atoms with E-state index >= 15 is 0 Å². The van der Waals surface area contributed by atoms with Crippen molar-refractivity contribution in [3.05, 3.63) is 0 Å². The minimum atomic E-state index is -0.387. The Labute approximate surface area is 282 Å². The van der Waals surface area contributed by atoms with Gasteiger partial charge in [0.2, 0.25) is 17.7 Å². The van der Waals surface area contributed by atoms with E-state index in [-0.39, 0.29) is 71.6 Å². The highest BCUT2D eigenvalue weighted by Crippen LogP contribution is 2.29. The third-order valence-electron chi connectivity index (χ3n) is 8.74. The summed E-state index contributed by atoms with van der Waals surface area (Å²) in [7, 11) is 5.05. The average molecular weight is 741 g/mol. The van der Waals surface area contributed by atoms with Crippen molar-refractivity contribution >= 4 is 46.4 Å². The van der Waals surface area contributed by atoms with Crippen molar-refractivity contribution in [3.8, 4) is 0 Å². The molecule has 10 nitrogen and oxygen atoms in total. The molecule has 1 aliphatic rings. The van der Waals surface area contributed by atoms with Crippen LogP contribution in [0.5, 0.6) is 0 Å². The van der Waals surface area contributed by atoms with Gasteiger partial charge >= 0.3 is 0 Å². The summed E-state index contributed by atoms with van der Waals surface area (Å²) in [6.07, 6.45) is 2.85. The molecule has 3 N–H and O–H groups in total. The van der Waals surface area contributed by atoms with Gasteiger partial charge in [0, 0.05) is 20.8 Å². The zero-order chi connectivity index (χ0) is 34.7. The SMILES string of the molecule is CC.CC[C@H](C)[C@H](C)[C@@H](CC(=O)N1CCC[C@H]1C(OC)C(C)C(=O)NI)OC.CNC(C(=O)N[C@H](C(C)=O)C(C)C)C(C)C. The molecule has 0 bridgehead atoms. The van der Waals surface area contributed by atoms with E-state index in [9.17, 15) is 19.2 Å². The van der Waals surface area contributed by atoms with Gasteiger partial charge in [0.15, 0.2) is 5.78 Å². The molecule has 3 amide bonds. The van der Waals surface area contributed by atoms with Gasteiger partial charge in [-0.05, 0) is 50.5 Å². The molecule has 1 heterocycles. The normalized spacial score (nSPS) is 19.3. The number of hydrogen-bond acceptors (Lipinski definition) is 7. The molecule has 11 heteroatoms. The predicted octanol–water partition coefficient (Wildman–Crippen LogP) is 5.17. The Morgan fingerprint density at radius 1 is 0.909 bits per heavy atom. The van der Waals surface area contributed by atoms with Crippen molar-refractivity contribution in [2.45, 2.75) is 132 Å². The maximum atomic E-state index is 13.0. The Hall–Kier alpha value is -1.31. The van der Waals surface area contributed by atoms with Crippen LogP contribution in [-0.2, 0) is 28.7 Å². The number of nitrogens with zero attached hydrogens (tertiary/aromatic N) is 1. The smallest absolute Gasteiger partial charge is 0.237 e. The molecule has 0 aromatic rings. The highest BCUT2D eigenvalue weighted by atomic mass is 127. The van der Waals surface area contributed by atoms with E-state index in [0.717, 1.165) is 25.8 Å². The fraction of sp³-hybridized carbons (Fsp3) is 0.879. The predicted molar refractivity (Wildman–Crippen MR) is 187 cm³/mol. The van der Waals surface area contributed by atoms with Crippen LogP contribution in [0.15, 0.2) is 0 Å². The number of ether oxygens (including phenoxy) is 2. The average Bonchev–Trinajstić information content (AvgIpc) is 3.48. The Bertz CT molecular complexity index is 843. The molecule has 44 heavy (non-hydrogen) atoms. The van der Waals surface area contributed by atoms with Crippen LogP contribution in [0.4, 0.5) is 0 Å². The quantitative estimate of drug-likeness (QED) is 0.147. The Balaban J connectivity index is 0. The van der Waals surface area contributed by atoms with E-state index in [1.165, 1.54) is 6.92 Å². The third kappa shape index (κ3) is 14.4. The molecule has 1 saturated heterocycles. The maximum Gasteiger partial charge on any atom is 0.237 e. The minimum Gasteiger partial charge on any atom is -0.381 e. The number of halogens is 1. The Morgan fingerprint density at radius 2 is 1.45 bits per heavy atom. The number of likely N-dealkylation sites (tertiary alicyclic amines) is 1. The van der Waals surface area contributed by atoms with Crippen molar-refractivity contribution < 1.29 is 28.7 Å². The number of rotatable bonds is 16. The zero-order valence-corrected chi connectivity index (χ0v) is 32.2. The molecule has 0 aromatic carbocycles.